The van der Waals surface area contributed by atoms with Gasteiger partial charge in [-0.3, -0.25) is 0 Å². The largest absolute Gasteiger partial charge is 0.490 e. The number of fused-ring (bicyclic) bond motifs is 1. The number of thioether (sulfide) groups is 1. The summed E-state index contributed by atoms with van der Waals surface area (Å²) in [6.07, 6.45) is 3.35. The van der Waals surface area contributed by atoms with Gasteiger partial charge in [-0.1, -0.05) is 0 Å². The fraction of sp³-hybridized carbons (Fsp3) is 0.538. The zero-order chi connectivity index (χ0) is 11.9. The van der Waals surface area contributed by atoms with Crippen LogP contribution in [0.4, 0.5) is 0 Å². The number of benzene rings is 1. The number of hydrogen-bond acceptors (Lipinski definition) is 4. The lowest BCUT2D eigenvalue weighted by atomic mass is 10.3. The number of hydrogen-bond donors (Lipinski definition) is 1. The molecule has 0 N–H and O–H groups in total. The van der Waals surface area contributed by atoms with E-state index in [-0.39, 0.29) is 0 Å². The maximum Gasteiger partial charge on any atom is 0.162 e. The molecule has 1 aromatic carbocycles. The zero-order valence-corrected chi connectivity index (χ0v) is 11.6. The van der Waals surface area contributed by atoms with Crippen molar-refractivity contribution < 1.29 is 9.47 Å². The van der Waals surface area contributed by atoms with Gasteiger partial charge in [-0.25, -0.2) is 0 Å². The molecular weight excluding hydrogens is 252 g/mol. The van der Waals surface area contributed by atoms with E-state index in [2.05, 4.69) is 24.8 Å². The van der Waals surface area contributed by atoms with E-state index >= 15 is 0 Å². The quantitative estimate of drug-likeness (QED) is 0.500. The smallest absolute Gasteiger partial charge is 0.162 e. The van der Waals surface area contributed by atoms with Crippen LogP contribution in [0, 0.1) is 0 Å². The molecule has 4 heteroatoms. The minimum atomic E-state index is 0.751. The van der Waals surface area contributed by atoms with E-state index in [9.17, 15) is 0 Å². The molecular formula is C13H18O2S2. The second kappa shape index (κ2) is 7.07. The molecule has 0 unspecified atom stereocenters. The molecule has 0 spiro atoms. The monoisotopic (exact) mass is 270 g/mol. The van der Waals surface area contributed by atoms with E-state index in [1.165, 1.54) is 17.7 Å². The molecule has 17 heavy (non-hydrogen) atoms. The molecule has 0 amide bonds. The van der Waals surface area contributed by atoms with Crippen LogP contribution in [-0.4, -0.2) is 24.7 Å². The van der Waals surface area contributed by atoms with Gasteiger partial charge in [-0.05, 0) is 42.5 Å². The normalized spacial score (nSPS) is 14.4. The van der Waals surface area contributed by atoms with Gasteiger partial charge in [0.15, 0.2) is 11.5 Å². The third-order valence-electron chi connectivity index (χ3n) is 2.54. The number of ether oxygens (including phenoxy) is 2. The molecule has 0 radical (unpaired) electrons. The summed E-state index contributed by atoms with van der Waals surface area (Å²) in [6.45, 7) is 1.50. The number of rotatable bonds is 5. The number of thiol groups is 1. The maximum absolute atomic E-state index is 5.67. The average Bonchev–Trinajstić information content (AvgIpc) is 2.59. The van der Waals surface area contributed by atoms with Crippen LogP contribution in [-0.2, 0) is 0 Å². The summed E-state index contributed by atoms with van der Waals surface area (Å²) in [4.78, 5) is 1.26. The Morgan fingerprint density at radius 2 is 1.94 bits per heavy atom. The van der Waals surface area contributed by atoms with Gasteiger partial charge in [-0.2, -0.15) is 12.6 Å². The highest BCUT2D eigenvalue weighted by molar-refractivity contribution is 7.99. The Morgan fingerprint density at radius 1 is 1.12 bits per heavy atom. The molecule has 1 aromatic rings. The van der Waals surface area contributed by atoms with Crippen LogP contribution in [0.3, 0.4) is 0 Å². The van der Waals surface area contributed by atoms with Crippen molar-refractivity contribution in [3.63, 3.8) is 0 Å². The molecule has 0 atom stereocenters. The first kappa shape index (κ1) is 13.0. The SMILES string of the molecule is SCCCCSc1ccc2c(c1)OCCCO2. The summed E-state index contributed by atoms with van der Waals surface area (Å²) in [5.41, 5.74) is 0. The minimum absolute atomic E-state index is 0.751. The summed E-state index contributed by atoms with van der Waals surface area (Å²) in [5.74, 6) is 3.88. The fourth-order valence-electron chi connectivity index (χ4n) is 1.64. The molecule has 1 heterocycles. The van der Waals surface area contributed by atoms with Crippen LogP contribution in [0.15, 0.2) is 23.1 Å². The maximum atomic E-state index is 5.67. The van der Waals surface area contributed by atoms with E-state index in [0.717, 1.165) is 42.6 Å². The van der Waals surface area contributed by atoms with Crippen molar-refractivity contribution in [2.45, 2.75) is 24.2 Å². The molecule has 94 valence electrons. The van der Waals surface area contributed by atoms with Gasteiger partial charge in [0, 0.05) is 11.3 Å². The summed E-state index contributed by atoms with van der Waals surface area (Å²) in [7, 11) is 0. The second-order valence-corrected chi connectivity index (χ2v) is 5.55. The van der Waals surface area contributed by atoms with Gasteiger partial charge < -0.3 is 9.47 Å². The van der Waals surface area contributed by atoms with Crippen molar-refractivity contribution in [3.8, 4) is 11.5 Å². The van der Waals surface area contributed by atoms with Gasteiger partial charge in [0.05, 0.1) is 13.2 Å². The first-order chi connectivity index (χ1) is 8.40. The average molecular weight is 270 g/mol. The molecule has 1 aliphatic heterocycles. The summed E-state index contributed by atoms with van der Waals surface area (Å²) >= 11 is 6.08. The van der Waals surface area contributed by atoms with Crippen LogP contribution >= 0.6 is 24.4 Å². The molecule has 0 aromatic heterocycles. The van der Waals surface area contributed by atoms with Crippen molar-refractivity contribution in [2.75, 3.05) is 24.7 Å². The van der Waals surface area contributed by atoms with Gasteiger partial charge in [0.25, 0.3) is 0 Å². The summed E-state index contributed by atoms with van der Waals surface area (Å²) in [5, 5.41) is 0. The lowest BCUT2D eigenvalue weighted by Crippen LogP contribution is -1.97. The zero-order valence-electron chi connectivity index (χ0n) is 9.85. The van der Waals surface area contributed by atoms with Crippen LogP contribution < -0.4 is 9.47 Å². The fourth-order valence-corrected chi connectivity index (χ4v) is 2.80. The number of unbranched alkanes of at least 4 members (excludes halogenated alkanes) is 1. The lowest BCUT2D eigenvalue weighted by Gasteiger charge is -2.08. The third-order valence-corrected chi connectivity index (χ3v) is 3.94. The topological polar surface area (TPSA) is 18.5 Å². The van der Waals surface area contributed by atoms with Gasteiger partial charge in [-0.15, -0.1) is 11.8 Å². The molecule has 0 saturated carbocycles. The van der Waals surface area contributed by atoms with Crippen molar-refractivity contribution in [3.05, 3.63) is 18.2 Å². The van der Waals surface area contributed by atoms with Crippen molar-refractivity contribution in [2.24, 2.45) is 0 Å². The highest BCUT2D eigenvalue weighted by Gasteiger charge is 2.10. The predicted octanol–water partition coefficient (Wildman–Crippen LogP) is 3.65. The minimum Gasteiger partial charge on any atom is -0.490 e. The van der Waals surface area contributed by atoms with Crippen molar-refractivity contribution >= 4 is 24.4 Å². The van der Waals surface area contributed by atoms with E-state index in [0.29, 0.717) is 0 Å². The Bertz CT molecular complexity index is 355. The van der Waals surface area contributed by atoms with Crippen LogP contribution in [0.1, 0.15) is 19.3 Å². The Kier molecular flexibility index (Phi) is 5.39. The second-order valence-electron chi connectivity index (χ2n) is 3.94. The van der Waals surface area contributed by atoms with Crippen LogP contribution in [0.2, 0.25) is 0 Å². The Labute approximate surface area is 112 Å². The van der Waals surface area contributed by atoms with Gasteiger partial charge in [0.2, 0.25) is 0 Å². The highest BCUT2D eigenvalue weighted by atomic mass is 32.2. The van der Waals surface area contributed by atoms with E-state index in [4.69, 9.17) is 9.47 Å². The Balaban J connectivity index is 1.93. The molecule has 0 saturated heterocycles. The standard InChI is InChI=1S/C13H18O2S2/c16-8-1-2-9-17-11-4-5-12-13(10-11)15-7-3-6-14-12/h4-5,10,16H,1-3,6-9H2. The molecule has 2 rings (SSSR count). The van der Waals surface area contributed by atoms with Crippen LogP contribution in [0.5, 0.6) is 11.5 Å². The first-order valence-electron chi connectivity index (χ1n) is 6.03. The lowest BCUT2D eigenvalue weighted by molar-refractivity contribution is 0.297. The van der Waals surface area contributed by atoms with Gasteiger partial charge in [0.1, 0.15) is 0 Å². The van der Waals surface area contributed by atoms with Gasteiger partial charge >= 0.3 is 0 Å². The van der Waals surface area contributed by atoms with E-state index in [1.54, 1.807) is 0 Å². The highest BCUT2D eigenvalue weighted by Crippen LogP contribution is 2.34. The Morgan fingerprint density at radius 3 is 2.76 bits per heavy atom. The van der Waals surface area contributed by atoms with Crippen molar-refractivity contribution in [1.29, 1.82) is 0 Å². The predicted molar refractivity (Wildman–Crippen MR) is 75.9 cm³/mol. The summed E-state index contributed by atoms with van der Waals surface area (Å²) in [6, 6.07) is 6.21. The van der Waals surface area contributed by atoms with E-state index < -0.39 is 0 Å². The summed E-state index contributed by atoms with van der Waals surface area (Å²) < 4.78 is 11.3. The Hall–Kier alpha value is -0.480. The molecule has 1 aliphatic rings. The molecule has 0 fully saturated rings. The molecule has 2 nitrogen and oxygen atoms in total. The third kappa shape index (κ3) is 4.03. The molecule has 0 aliphatic carbocycles. The van der Waals surface area contributed by atoms with E-state index in [1.807, 2.05) is 17.8 Å². The molecule has 0 bridgehead atoms. The first-order valence-corrected chi connectivity index (χ1v) is 7.65. The van der Waals surface area contributed by atoms with Crippen molar-refractivity contribution in [1.82, 2.24) is 0 Å². The van der Waals surface area contributed by atoms with Crippen LogP contribution in [0.25, 0.3) is 0 Å².